The van der Waals surface area contributed by atoms with Crippen LogP contribution in [0.5, 0.6) is 0 Å². The van der Waals surface area contributed by atoms with Crippen molar-refractivity contribution in [2.75, 3.05) is 28.2 Å². The first-order valence-electron chi connectivity index (χ1n) is 5.27. The van der Waals surface area contributed by atoms with Crippen LogP contribution in [0.3, 0.4) is 0 Å². The van der Waals surface area contributed by atoms with Gasteiger partial charge in [-0.05, 0) is 5.56 Å². The van der Waals surface area contributed by atoms with Gasteiger partial charge in [-0.1, -0.05) is 24.3 Å². The molecule has 0 heterocycles. The van der Waals surface area contributed by atoms with Gasteiger partial charge in [0.2, 0.25) is 0 Å². The molecule has 2 heteroatoms. The van der Waals surface area contributed by atoms with Crippen molar-refractivity contribution in [3.05, 3.63) is 41.1 Å². The fourth-order valence-corrected chi connectivity index (χ4v) is 2.19. The molecule has 0 aliphatic heterocycles. The molecule has 1 aromatic carbocycles. The van der Waals surface area contributed by atoms with E-state index < -0.39 is 0 Å². The number of hydrogen-bond acceptors (Lipinski definition) is 2. The second-order valence-corrected chi connectivity index (χ2v) is 4.42. The summed E-state index contributed by atoms with van der Waals surface area (Å²) in [6.07, 6.45) is 1.05. The van der Waals surface area contributed by atoms with Gasteiger partial charge in [-0.3, -0.25) is 0 Å². The zero-order valence-corrected chi connectivity index (χ0v) is 9.91. The highest BCUT2D eigenvalue weighted by molar-refractivity contribution is 5.74. The lowest BCUT2D eigenvalue weighted by molar-refractivity contribution is 0.484. The van der Waals surface area contributed by atoms with Crippen LogP contribution in [0.25, 0.3) is 5.70 Å². The number of benzene rings is 1. The van der Waals surface area contributed by atoms with Gasteiger partial charge in [0.15, 0.2) is 0 Å². The largest absolute Gasteiger partial charge is 0.379 e. The minimum absolute atomic E-state index is 1.05. The van der Waals surface area contributed by atoms with Gasteiger partial charge in [-0.15, -0.1) is 0 Å². The third-order valence-electron chi connectivity index (χ3n) is 2.89. The van der Waals surface area contributed by atoms with Crippen molar-refractivity contribution < 1.29 is 0 Å². The molecule has 0 N–H and O–H groups in total. The zero-order chi connectivity index (χ0) is 11.0. The minimum Gasteiger partial charge on any atom is -0.379 e. The topological polar surface area (TPSA) is 6.48 Å². The van der Waals surface area contributed by atoms with Crippen LogP contribution in [0.4, 0.5) is 0 Å². The van der Waals surface area contributed by atoms with E-state index >= 15 is 0 Å². The molecule has 0 saturated carbocycles. The maximum Gasteiger partial charge on any atom is 0.0635 e. The minimum atomic E-state index is 1.05. The van der Waals surface area contributed by atoms with E-state index in [0.717, 1.165) is 6.42 Å². The molecule has 2 nitrogen and oxygen atoms in total. The molecule has 0 aromatic heterocycles. The fraction of sp³-hybridized carbons (Fsp3) is 0.385. The van der Waals surface area contributed by atoms with E-state index in [2.05, 4.69) is 62.3 Å². The summed E-state index contributed by atoms with van der Waals surface area (Å²) in [6.45, 7) is 0. The van der Waals surface area contributed by atoms with Crippen molar-refractivity contribution in [3.8, 4) is 0 Å². The van der Waals surface area contributed by atoms with Gasteiger partial charge in [0.05, 0.1) is 5.70 Å². The predicted molar refractivity (Wildman–Crippen MR) is 64.4 cm³/mol. The SMILES string of the molecule is CN(C)C1=C(N(C)C)c2ccccc2C1. The third-order valence-corrected chi connectivity index (χ3v) is 2.89. The van der Waals surface area contributed by atoms with Gasteiger partial charge >= 0.3 is 0 Å². The number of allylic oxidation sites excluding steroid dienone is 1. The Labute approximate surface area is 91.8 Å². The summed E-state index contributed by atoms with van der Waals surface area (Å²) in [5.41, 5.74) is 5.58. The monoisotopic (exact) mass is 202 g/mol. The molecule has 1 aliphatic rings. The first kappa shape index (κ1) is 10.1. The van der Waals surface area contributed by atoms with Crippen LogP contribution in [0.15, 0.2) is 30.0 Å². The Hall–Kier alpha value is -1.44. The molecule has 0 unspecified atom stereocenters. The maximum absolute atomic E-state index is 2.22. The van der Waals surface area contributed by atoms with Crippen LogP contribution in [-0.4, -0.2) is 38.0 Å². The van der Waals surface area contributed by atoms with E-state index in [0.29, 0.717) is 0 Å². The van der Waals surface area contributed by atoms with E-state index in [-0.39, 0.29) is 0 Å². The quantitative estimate of drug-likeness (QED) is 0.724. The van der Waals surface area contributed by atoms with Crippen LogP contribution in [0, 0.1) is 0 Å². The van der Waals surface area contributed by atoms with E-state index in [4.69, 9.17) is 0 Å². The molecule has 1 aromatic rings. The van der Waals surface area contributed by atoms with Crippen molar-refractivity contribution in [3.63, 3.8) is 0 Å². The lowest BCUT2D eigenvalue weighted by atomic mass is 10.1. The number of hydrogen-bond donors (Lipinski definition) is 0. The molecule has 0 bridgehead atoms. The van der Waals surface area contributed by atoms with Crippen LogP contribution >= 0.6 is 0 Å². The molecule has 1 aliphatic carbocycles. The van der Waals surface area contributed by atoms with Crippen LogP contribution in [0.1, 0.15) is 11.1 Å². The average molecular weight is 202 g/mol. The summed E-state index contributed by atoms with van der Waals surface area (Å²) >= 11 is 0. The van der Waals surface area contributed by atoms with Crippen molar-refractivity contribution in [2.24, 2.45) is 0 Å². The average Bonchev–Trinajstić information content (AvgIpc) is 2.56. The smallest absolute Gasteiger partial charge is 0.0635 e. The van der Waals surface area contributed by atoms with Crippen molar-refractivity contribution >= 4 is 5.70 Å². The Kier molecular flexibility index (Phi) is 2.43. The summed E-state index contributed by atoms with van der Waals surface area (Å²) < 4.78 is 0. The standard InChI is InChI=1S/C13H18N2/c1-14(2)12-9-10-7-5-6-8-11(10)13(12)15(3)4/h5-8H,9H2,1-4H3. The van der Waals surface area contributed by atoms with Crippen LogP contribution in [0.2, 0.25) is 0 Å². The van der Waals surface area contributed by atoms with Crippen molar-refractivity contribution in [1.82, 2.24) is 9.80 Å². The van der Waals surface area contributed by atoms with Gasteiger partial charge < -0.3 is 9.80 Å². The second-order valence-electron chi connectivity index (χ2n) is 4.42. The molecule has 0 fully saturated rings. The summed E-state index contributed by atoms with van der Waals surface area (Å²) in [5.74, 6) is 0. The highest BCUT2D eigenvalue weighted by atomic mass is 15.1. The molecule has 0 spiro atoms. The molecule has 0 saturated heterocycles. The first-order valence-corrected chi connectivity index (χ1v) is 5.27. The Morgan fingerprint density at radius 3 is 2.20 bits per heavy atom. The highest BCUT2D eigenvalue weighted by Crippen LogP contribution is 2.34. The number of rotatable bonds is 2. The van der Waals surface area contributed by atoms with E-state index in [9.17, 15) is 0 Å². The van der Waals surface area contributed by atoms with Gasteiger partial charge in [0, 0.05) is 45.9 Å². The van der Waals surface area contributed by atoms with E-state index in [1.165, 1.54) is 22.5 Å². The van der Waals surface area contributed by atoms with Crippen molar-refractivity contribution in [2.45, 2.75) is 6.42 Å². The molecule has 0 amide bonds. The van der Waals surface area contributed by atoms with Crippen molar-refractivity contribution in [1.29, 1.82) is 0 Å². The van der Waals surface area contributed by atoms with E-state index in [1.54, 1.807) is 0 Å². The Morgan fingerprint density at radius 1 is 0.933 bits per heavy atom. The zero-order valence-electron chi connectivity index (χ0n) is 9.91. The molecule has 0 atom stereocenters. The highest BCUT2D eigenvalue weighted by Gasteiger charge is 2.23. The third kappa shape index (κ3) is 1.60. The Bertz CT molecular complexity index is 403. The normalized spacial score (nSPS) is 14.1. The Morgan fingerprint density at radius 2 is 1.60 bits per heavy atom. The second kappa shape index (κ2) is 3.61. The first-order chi connectivity index (χ1) is 7.11. The molecular weight excluding hydrogens is 184 g/mol. The summed E-state index contributed by atoms with van der Waals surface area (Å²) in [7, 11) is 8.46. The lowest BCUT2D eigenvalue weighted by Crippen LogP contribution is -2.17. The summed E-state index contributed by atoms with van der Waals surface area (Å²) in [6, 6.07) is 8.65. The van der Waals surface area contributed by atoms with Gasteiger partial charge in [0.25, 0.3) is 0 Å². The summed E-state index contributed by atoms with van der Waals surface area (Å²) in [4.78, 5) is 4.43. The molecule has 0 radical (unpaired) electrons. The fourth-order valence-electron chi connectivity index (χ4n) is 2.19. The predicted octanol–water partition coefficient (Wildman–Crippen LogP) is 2.03. The molecule has 15 heavy (non-hydrogen) atoms. The maximum atomic E-state index is 2.22. The van der Waals surface area contributed by atoms with Crippen LogP contribution < -0.4 is 0 Å². The molecule has 80 valence electrons. The number of fused-ring (bicyclic) bond motifs is 1. The Balaban J connectivity index is 2.53. The number of likely N-dealkylation sites (N-methyl/N-ethyl adjacent to an activating group) is 1. The summed E-state index contributed by atoms with van der Waals surface area (Å²) in [5, 5.41) is 0. The number of nitrogens with zero attached hydrogens (tertiary/aromatic N) is 2. The van der Waals surface area contributed by atoms with Gasteiger partial charge in [0.1, 0.15) is 0 Å². The van der Waals surface area contributed by atoms with Crippen LogP contribution in [-0.2, 0) is 6.42 Å². The lowest BCUT2D eigenvalue weighted by Gasteiger charge is -2.21. The van der Waals surface area contributed by atoms with Gasteiger partial charge in [-0.25, -0.2) is 0 Å². The van der Waals surface area contributed by atoms with E-state index in [1.807, 2.05) is 0 Å². The van der Waals surface area contributed by atoms with Gasteiger partial charge in [-0.2, -0.15) is 0 Å². The molecule has 2 rings (SSSR count). The molecular formula is C13H18N2.